The number of alkyl halides is 2. The van der Waals surface area contributed by atoms with E-state index in [-0.39, 0.29) is 41.8 Å². The summed E-state index contributed by atoms with van der Waals surface area (Å²) in [5, 5.41) is 21.3. The second-order valence-electron chi connectivity index (χ2n) is 15.7. The summed E-state index contributed by atoms with van der Waals surface area (Å²) in [5.74, 6) is 0.0501. The lowest BCUT2D eigenvalue weighted by Gasteiger charge is -2.34. The number of aromatic carboxylic acids is 1. The smallest absolute Gasteiger partial charge is 0.338 e. The number of ether oxygens (including phenoxy) is 2. The van der Waals surface area contributed by atoms with Crippen LogP contribution in [0.25, 0.3) is 11.1 Å². The number of hydrogen-bond acceptors (Lipinski definition) is 11. The van der Waals surface area contributed by atoms with E-state index in [1.807, 2.05) is 15.9 Å². The second-order valence-corrected chi connectivity index (χ2v) is 15.7. The van der Waals surface area contributed by atoms with Crippen molar-refractivity contribution in [2.75, 3.05) is 75.9 Å². The highest BCUT2D eigenvalue weighted by Gasteiger charge is 2.35. The predicted molar refractivity (Wildman–Crippen MR) is 216 cm³/mol. The van der Waals surface area contributed by atoms with E-state index in [4.69, 9.17) is 19.7 Å². The number of urea groups is 1. The van der Waals surface area contributed by atoms with Crippen LogP contribution in [0.5, 0.6) is 0 Å². The molecule has 0 atom stereocenters. The lowest BCUT2D eigenvalue weighted by Crippen LogP contribution is -2.43. The predicted octanol–water partition coefficient (Wildman–Crippen LogP) is 4.36. The van der Waals surface area contributed by atoms with Crippen molar-refractivity contribution in [1.82, 2.24) is 44.6 Å². The molecular weight excluding hydrogens is 781 g/mol. The fourth-order valence-electron chi connectivity index (χ4n) is 8.84. The molecule has 4 aliphatic rings. The topological polar surface area (TPSA) is 176 Å². The van der Waals surface area contributed by atoms with Gasteiger partial charge in [0, 0.05) is 106 Å². The van der Waals surface area contributed by atoms with Crippen LogP contribution < -0.4 is 15.1 Å². The Morgan fingerprint density at radius 3 is 2.40 bits per heavy atom. The van der Waals surface area contributed by atoms with Crippen LogP contribution in [0, 0.1) is 0 Å². The maximum atomic E-state index is 14.7. The molecule has 2 saturated heterocycles. The number of amides is 3. The Morgan fingerprint density at radius 2 is 1.72 bits per heavy atom. The highest BCUT2D eigenvalue weighted by Crippen LogP contribution is 2.43. The number of fused-ring (bicyclic) bond motifs is 2. The van der Waals surface area contributed by atoms with Crippen molar-refractivity contribution in [1.29, 1.82) is 0 Å². The van der Waals surface area contributed by atoms with Gasteiger partial charge in [0.15, 0.2) is 5.82 Å². The molecular formula is C41H51F2N11O6. The molecule has 4 aromatic rings. The third-order valence-corrected chi connectivity index (χ3v) is 12.0. The van der Waals surface area contributed by atoms with Crippen LogP contribution in [-0.2, 0) is 40.7 Å². The number of halogens is 2. The van der Waals surface area contributed by atoms with Gasteiger partial charge in [-0.1, -0.05) is 0 Å². The highest BCUT2D eigenvalue weighted by atomic mass is 19.3. The number of nitrogens with one attached hydrogen (secondary N) is 1. The summed E-state index contributed by atoms with van der Waals surface area (Å²) in [7, 11) is 3.38. The third kappa shape index (κ3) is 8.63. The van der Waals surface area contributed by atoms with Crippen LogP contribution in [0.15, 0.2) is 36.9 Å². The monoisotopic (exact) mass is 831 g/mol. The maximum absolute atomic E-state index is 14.7. The first-order chi connectivity index (χ1) is 29.1. The van der Waals surface area contributed by atoms with E-state index in [0.29, 0.717) is 107 Å². The first-order valence-corrected chi connectivity index (χ1v) is 20.6. The molecule has 320 valence electrons. The van der Waals surface area contributed by atoms with Gasteiger partial charge in [0.2, 0.25) is 11.9 Å². The van der Waals surface area contributed by atoms with Crippen LogP contribution in [0.2, 0.25) is 0 Å². The van der Waals surface area contributed by atoms with Crippen LogP contribution in [0.3, 0.4) is 0 Å². The summed E-state index contributed by atoms with van der Waals surface area (Å²) in [6.45, 7) is 4.55. The zero-order valence-corrected chi connectivity index (χ0v) is 33.9. The van der Waals surface area contributed by atoms with Gasteiger partial charge in [-0.3, -0.25) is 14.2 Å². The van der Waals surface area contributed by atoms with E-state index in [0.717, 1.165) is 42.5 Å². The van der Waals surface area contributed by atoms with Gasteiger partial charge in [-0.15, -0.1) is 0 Å². The van der Waals surface area contributed by atoms with Crippen molar-refractivity contribution in [3.63, 3.8) is 0 Å². The largest absolute Gasteiger partial charge is 0.478 e. The number of likely N-dealkylation sites (tertiary alicyclic amines) is 1. The van der Waals surface area contributed by atoms with Crippen LogP contribution in [-0.4, -0.2) is 135 Å². The lowest BCUT2D eigenvalue weighted by molar-refractivity contribution is -0.138. The molecule has 19 heteroatoms. The Morgan fingerprint density at radius 1 is 0.950 bits per heavy atom. The number of benzene rings is 1. The quantitative estimate of drug-likeness (QED) is 0.193. The van der Waals surface area contributed by atoms with Gasteiger partial charge in [-0.2, -0.15) is 10.2 Å². The molecule has 17 nitrogen and oxygen atoms in total. The zero-order valence-electron chi connectivity index (χ0n) is 33.9. The van der Waals surface area contributed by atoms with E-state index in [2.05, 4.69) is 30.0 Å². The molecule has 0 unspecified atom stereocenters. The van der Waals surface area contributed by atoms with Crippen molar-refractivity contribution in [3.05, 3.63) is 64.9 Å². The minimum atomic E-state index is -2.69. The average molecular weight is 832 g/mol. The number of hydrogen-bond donors (Lipinski definition) is 2. The molecule has 0 aliphatic carbocycles. The minimum absolute atomic E-state index is 0.0216. The van der Waals surface area contributed by atoms with E-state index < -0.39 is 12.4 Å². The van der Waals surface area contributed by atoms with E-state index in [1.165, 1.54) is 12.4 Å². The maximum Gasteiger partial charge on any atom is 0.338 e. The Balaban J connectivity index is 0.880. The number of carboxylic acid groups (broad SMARTS) is 1. The fraction of sp³-hybridized carbons (Fsp3) is 0.537. The first kappa shape index (κ1) is 41.1. The Bertz CT molecular complexity index is 2180. The number of carboxylic acids is 1. The van der Waals surface area contributed by atoms with E-state index in [1.54, 1.807) is 42.1 Å². The van der Waals surface area contributed by atoms with Crippen LogP contribution >= 0.6 is 0 Å². The van der Waals surface area contributed by atoms with Gasteiger partial charge >= 0.3 is 12.0 Å². The summed E-state index contributed by atoms with van der Waals surface area (Å²) in [6.07, 6.45) is 8.41. The molecule has 3 aromatic heterocycles. The molecule has 0 radical (unpaired) electrons. The Labute approximate surface area is 346 Å². The number of aryl methyl sites for hydroxylation is 2. The van der Waals surface area contributed by atoms with Gasteiger partial charge in [-0.05, 0) is 61.8 Å². The van der Waals surface area contributed by atoms with Crippen molar-refractivity contribution < 1.29 is 37.7 Å². The average Bonchev–Trinajstić information content (AvgIpc) is 3.88. The second kappa shape index (κ2) is 17.9. The van der Waals surface area contributed by atoms with Gasteiger partial charge in [0.1, 0.15) is 6.61 Å². The molecule has 8 rings (SSSR count). The summed E-state index contributed by atoms with van der Waals surface area (Å²) < 4.78 is 44.8. The zero-order chi connectivity index (χ0) is 41.9. The van der Waals surface area contributed by atoms with Gasteiger partial charge in [0.25, 0.3) is 6.43 Å². The lowest BCUT2D eigenvalue weighted by atomic mass is 9.92. The highest BCUT2D eigenvalue weighted by molar-refractivity contribution is 5.86. The number of anilines is 3. The van der Waals surface area contributed by atoms with Crippen LogP contribution in [0.4, 0.5) is 31.0 Å². The molecule has 0 bridgehead atoms. The van der Waals surface area contributed by atoms with Gasteiger partial charge in [0.05, 0.1) is 43.7 Å². The molecule has 0 spiro atoms. The van der Waals surface area contributed by atoms with E-state index >= 15 is 0 Å². The number of nitrogens with zero attached hydrogens (tertiary/aromatic N) is 10. The van der Waals surface area contributed by atoms with Crippen LogP contribution in [0.1, 0.15) is 77.3 Å². The number of carbonyl (C=O) groups is 3. The van der Waals surface area contributed by atoms with Gasteiger partial charge in [-0.25, -0.2) is 28.3 Å². The summed E-state index contributed by atoms with van der Waals surface area (Å²) in [5.41, 5.74) is 4.76. The molecule has 4 aliphatic heterocycles. The third-order valence-electron chi connectivity index (χ3n) is 12.0. The van der Waals surface area contributed by atoms with Crippen molar-refractivity contribution in [2.24, 2.45) is 7.05 Å². The first-order valence-electron chi connectivity index (χ1n) is 20.6. The molecule has 2 N–H and O–H groups in total. The molecule has 0 saturated carbocycles. The van der Waals surface area contributed by atoms with Crippen molar-refractivity contribution in [2.45, 2.75) is 70.1 Å². The van der Waals surface area contributed by atoms with Gasteiger partial charge < -0.3 is 39.5 Å². The number of piperidine rings is 2. The number of aromatic nitrogens is 6. The Hall–Kier alpha value is -5.69. The number of carbonyl (C=O) groups excluding carboxylic acids is 2. The molecule has 2 fully saturated rings. The van der Waals surface area contributed by atoms with Crippen molar-refractivity contribution >= 4 is 35.4 Å². The normalized spacial score (nSPS) is 17.6. The molecule has 7 heterocycles. The number of rotatable bonds is 12. The minimum Gasteiger partial charge on any atom is -0.478 e. The standard InChI is InChI=1S/C41H51F2N11O6/c1-44-41(58)52-15-9-34-33(24-52)38(53-10-3-4-26-18-31(28-22-47-49(2)23-28)32(37(42)43)19-35(26)53)48-54(34)29-5-11-50(12-6-29)36(55)25-59-16-17-60-30-7-13-51(14-8-30)40-45-20-27(21-46-40)39(56)57/h18-23,29-30,37H,3-17,24-25H2,1-2H3,(H,44,58)(H,56,57). The molecule has 3 amide bonds. The fourth-order valence-corrected chi connectivity index (χ4v) is 8.84. The SMILES string of the molecule is CNC(=O)N1CCc2c(c(N3CCCc4cc(-c5cnn(C)c5)c(C(F)F)cc43)nn2C2CCN(C(=O)COCCOC3CCN(c4ncc(C(=O)O)cn4)CC3)CC2)C1. The van der Waals surface area contributed by atoms with E-state index in [9.17, 15) is 23.2 Å². The summed E-state index contributed by atoms with van der Waals surface area (Å²) in [4.78, 5) is 53.1. The van der Waals surface area contributed by atoms with Crippen molar-refractivity contribution in [3.8, 4) is 11.1 Å². The summed E-state index contributed by atoms with van der Waals surface area (Å²) in [6, 6.07) is 3.32. The molecule has 60 heavy (non-hydrogen) atoms. The molecule has 1 aromatic carbocycles. The Kier molecular flexibility index (Phi) is 12.2. The summed E-state index contributed by atoms with van der Waals surface area (Å²) >= 11 is 0.